The highest BCUT2D eigenvalue weighted by Gasteiger charge is 2.31. The van der Waals surface area contributed by atoms with Crippen LogP contribution < -0.4 is 5.73 Å². The summed E-state index contributed by atoms with van der Waals surface area (Å²) in [6.07, 6.45) is 0. The van der Waals surface area contributed by atoms with Gasteiger partial charge < -0.3 is 10.6 Å². The molecule has 8 heteroatoms. The van der Waals surface area contributed by atoms with Crippen LogP contribution in [-0.4, -0.2) is 49.7 Å². The summed E-state index contributed by atoms with van der Waals surface area (Å²) in [5.74, 6) is -0.178. The van der Waals surface area contributed by atoms with Crippen molar-refractivity contribution in [3.05, 3.63) is 66.2 Å². The molecule has 1 atom stereocenters. The van der Waals surface area contributed by atoms with Gasteiger partial charge in [-0.2, -0.15) is 4.31 Å². The first-order valence-electron chi connectivity index (χ1n) is 8.14. The number of amides is 1. The van der Waals surface area contributed by atoms with Gasteiger partial charge >= 0.3 is 0 Å². The number of nitrogens with two attached hydrogens (primary N) is 1. The molecule has 26 heavy (non-hydrogen) atoms. The van der Waals surface area contributed by atoms with Crippen molar-refractivity contribution in [3.63, 3.8) is 0 Å². The van der Waals surface area contributed by atoms with E-state index in [2.05, 4.69) is 0 Å². The van der Waals surface area contributed by atoms with Crippen LogP contribution in [0.15, 0.2) is 65.6 Å². The predicted octanol–water partition coefficient (Wildman–Crippen LogP) is 1.64. The largest absolute Gasteiger partial charge is 0.338 e. The van der Waals surface area contributed by atoms with Crippen LogP contribution in [0.2, 0.25) is 0 Å². The zero-order valence-electron chi connectivity index (χ0n) is 14.2. The molecule has 2 aromatic carbocycles. The van der Waals surface area contributed by atoms with Gasteiger partial charge in [0.25, 0.3) is 0 Å². The smallest absolute Gasteiger partial charge is 0.244 e. The van der Waals surface area contributed by atoms with Crippen molar-refractivity contribution in [2.24, 2.45) is 5.73 Å². The van der Waals surface area contributed by atoms with Crippen LogP contribution in [0.3, 0.4) is 0 Å². The molecule has 1 unspecified atom stereocenters. The van der Waals surface area contributed by atoms with E-state index in [4.69, 9.17) is 5.73 Å². The summed E-state index contributed by atoms with van der Waals surface area (Å²) in [6.45, 7) is 1.21. The van der Waals surface area contributed by atoms with Crippen LogP contribution in [0.5, 0.6) is 0 Å². The Morgan fingerprint density at radius 2 is 1.38 bits per heavy atom. The van der Waals surface area contributed by atoms with Gasteiger partial charge in [0.15, 0.2) is 0 Å². The summed E-state index contributed by atoms with van der Waals surface area (Å²) in [6, 6.07) is 16.8. The Hall–Kier alpha value is -1.93. The number of rotatable bonds is 4. The molecule has 3 rings (SSSR count). The molecule has 2 N–H and O–H groups in total. The Kier molecular flexibility index (Phi) is 6.77. The molecule has 1 aliphatic heterocycles. The van der Waals surface area contributed by atoms with Gasteiger partial charge in [-0.3, -0.25) is 4.79 Å². The first-order valence-corrected chi connectivity index (χ1v) is 9.58. The fourth-order valence-electron chi connectivity index (χ4n) is 2.89. The summed E-state index contributed by atoms with van der Waals surface area (Å²) >= 11 is 0. The second kappa shape index (κ2) is 8.64. The molecule has 2 aromatic rings. The lowest BCUT2D eigenvalue weighted by molar-refractivity contribution is -0.133. The Bertz CT molecular complexity index is 823. The van der Waals surface area contributed by atoms with Crippen LogP contribution in [0, 0.1) is 0 Å². The normalized spacial score (nSPS) is 16.6. The molecule has 1 heterocycles. The lowest BCUT2D eigenvalue weighted by Crippen LogP contribution is -2.52. The highest BCUT2D eigenvalue weighted by Crippen LogP contribution is 2.19. The molecule has 1 saturated heterocycles. The van der Waals surface area contributed by atoms with Crippen molar-refractivity contribution in [1.82, 2.24) is 9.21 Å². The second-order valence-corrected chi connectivity index (χ2v) is 7.87. The summed E-state index contributed by atoms with van der Waals surface area (Å²) < 4.78 is 26.7. The number of benzene rings is 2. The monoisotopic (exact) mass is 395 g/mol. The Balaban J connectivity index is 0.00000243. The van der Waals surface area contributed by atoms with Crippen molar-refractivity contribution in [2.75, 3.05) is 26.2 Å². The minimum absolute atomic E-state index is 0. The van der Waals surface area contributed by atoms with Gasteiger partial charge in [-0.25, -0.2) is 8.42 Å². The molecule has 1 fully saturated rings. The maximum atomic E-state index is 12.6. The van der Waals surface area contributed by atoms with Crippen molar-refractivity contribution >= 4 is 28.3 Å². The maximum Gasteiger partial charge on any atom is 0.244 e. The fraction of sp³-hybridized carbons (Fsp3) is 0.278. The molecule has 0 radical (unpaired) electrons. The summed E-state index contributed by atoms with van der Waals surface area (Å²) in [7, 11) is -3.52. The SMILES string of the molecule is Cl.NC(C(=O)N1CCN(S(=O)(=O)c2ccccc2)CC1)c1ccccc1. The van der Waals surface area contributed by atoms with Crippen LogP contribution in [0.25, 0.3) is 0 Å². The molecular formula is C18H22ClN3O3S. The fourth-order valence-corrected chi connectivity index (χ4v) is 4.33. The molecule has 0 aliphatic carbocycles. The third kappa shape index (κ3) is 4.24. The van der Waals surface area contributed by atoms with Crippen LogP contribution >= 0.6 is 12.4 Å². The van der Waals surface area contributed by atoms with Crippen molar-refractivity contribution in [2.45, 2.75) is 10.9 Å². The Morgan fingerprint density at radius 1 is 0.885 bits per heavy atom. The molecule has 0 aromatic heterocycles. The van der Waals surface area contributed by atoms with E-state index in [1.165, 1.54) is 4.31 Å². The molecule has 140 valence electrons. The van der Waals surface area contributed by atoms with E-state index in [0.29, 0.717) is 13.1 Å². The van der Waals surface area contributed by atoms with Gasteiger partial charge in [-0.1, -0.05) is 48.5 Å². The number of carbonyl (C=O) groups is 1. The standard InChI is InChI=1S/C18H21N3O3S.ClH/c19-17(15-7-3-1-4-8-15)18(22)20-11-13-21(14-12-20)25(23,24)16-9-5-2-6-10-16;/h1-10,17H,11-14,19H2;1H. The van der Waals surface area contributed by atoms with Crippen LogP contribution in [0.1, 0.15) is 11.6 Å². The van der Waals surface area contributed by atoms with Crippen molar-refractivity contribution < 1.29 is 13.2 Å². The van der Waals surface area contributed by atoms with E-state index in [1.54, 1.807) is 35.2 Å². The number of hydrogen-bond donors (Lipinski definition) is 1. The van der Waals surface area contributed by atoms with Gasteiger partial charge in [0, 0.05) is 26.2 Å². The van der Waals surface area contributed by atoms with E-state index in [0.717, 1.165) is 5.56 Å². The number of carbonyl (C=O) groups excluding carboxylic acids is 1. The Labute approximate surface area is 160 Å². The van der Waals surface area contributed by atoms with Gasteiger partial charge in [0.2, 0.25) is 15.9 Å². The first-order chi connectivity index (χ1) is 12.0. The minimum atomic E-state index is -3.52. The number of halogens is 1. The molecule has 6 nitrogen and oxygen atoms in total. The third-order valence-electron chi connectivity index (χ3n) is 4.36. The quantitative estimate of drug-likeness (QED) is 0.853. The van der Waals surface area contributed by atoms with E-state index in [9.17, 15) is 13.2 Å². The Morgan fingerprint density at radius 3 is 1.92 bits per heavy atom. The average molecular weight is 396 g/mol. The first kappa shape index (κ1) is 20.4. The lowest BCUT2D eigenvalue weighted by atomic mass is 10.1. The summed E-state index contributed by atoms with van der Waals surface area (Å²) in [5, 5.41) is 0. The van der Waals surface area contributed by atoms with Crippen LogP contribution in [-0.2, 0) is 14.8 Å². The third-order valence-corrected chi connectivity index (χ3v) is 6.27. The number of hydrogen-bond acceptors (Lipinski definition) is 4. The van der Waals surface area contributed by atoms with Gasteiger partial charge in [0.05, 0.1) is 4.90 Å². The lowest BCUT2D eigenvalue weighted by Gasteiger charge is -2.35. The van der Waals surface area contributed by atoms with E-state index < -0.39 is 16.1 Å². The second-order valence-electron chi connectivity index (χ2n) is 5.93. The van der Waals surface area contributed by atoms with E-state index >= 15 is 0 Å². The van der Waals surface area contributed by atoms with Crippen LogP contribution in [0.4, 0.5) is 0 Å². The van der Waals surface area contributed by atoms with Gasteiger partial charge in [0.1, 0.15) is 6.04 Å². The molecule has 0 bridgehead atoms. The zero-order valence-corrected chi connectivity index (χ0v) is 15.8. The molecule has 0 saturated carbocycles. The van der Waals surface area contributed by atoms with Gasteiger partial charge in [-0.05, 0) is 17.7 Å². The molecule has 0 spiro atoms. The van der Waals surface area contributed by atoms with Crippen molar-refractivity contribution in [3.8, 4) is 0 Å². The maximum absolute atomic E-state index is 12.6. The molecule has 1 amide bonds. The number of sulfonamides is 1. The summed E-state index contributed by atoms with van der Waals surface area (Å²) in [4.78, 5) is 14.5. The van der Waals surface area contributed by atoms with E-state index in [1.807, 2.05) is 30.3 Å². The zero-order chi connectivity index (χ0) is 17.9. The van der Waals surface area contributed by atoms with E-state index in [-0.39, 0.29) is 36.3 Å². The molecular weight excluding hydrogens is 374 g/mol. The highest BCUT2D eigenvalue weighted by atomic mass is 35.5. The highest BCUT2D eigenvalue weighted by molar-refractivity contribution is 7.89. The average Bonchev–Trinajstić information content (AvgIpc) is 2.68. The molecule has 1 aliphatic rings. The minimum Gasteiger partial charge on any atom is -0.338 e. The number of piperazine rings is 1. The van der Waals surface area contributed by atoms with Crippen molar-refractivity contribution in [1.29, 1.82) is 0 Å². The summed E-state index contributed by atoms with van der Waals surface area (Å²) in [5.41, 5.74) is 6.81. The predicted molar refractivity (Wildman–Crippen MR) is 102 cm³/mol. The topological polar surface area (TPSA) is 83.7 Å². The number of nitrogens with zero attached hydrogens (tertiary/aromatic N) is 2. The van der Waals surface area contributed by atoms with Gasteiger partial charge in [-0.15, -0.1) is 12.4 Å².